The van der Waals surface area contributed by atoms with Gasteiger partial charge >= 0.3 is 12.0 Å². The van der Waals surface area contributed by atoms with Crippen LogP contribution in [-0.4, -0.2) is 43.2 Å². The molecule has 0 atom stereocenters. The number of carboxylic acids is 1. The number of carbonyl (C=O) groups excluding carboxylic acids is 2. The zero-order chi connectivity index (χ0) is 16.7. The molecule has 0 heterocycles. The van der Waals surface area contributed by atoms with Gasteiger partial charge in [0.25, 0.3) is 0 Å². The molecule has 7 heteroatoms. The fourth-order valence-corrected chi connectivity index (χ4v) is 1.91. The molecule has 0 saturated heterocycles. The van der Waals surface area contributed by atoms with E-state index in [2.05, 4.69) is 16.0 Å². The van der Waals surface area contributed by atoms with Crippen LogP contribution < -0.4 is 16.0 Å². The lowest BCUT2D eigenvalue weighted by Gasteiger charge is -2.27. The summed E-state index contributed by atoms with van der Waals surface area (Å²) in [7, 11) is 1.54. The molecule has 4 N–H and O–H groups in total. The maximum absolute atomic E-state index is 11.8. The van der Waals surface area contributed by atoms with Gasteiger partial charge in [0.05, 0.1) is 10.8 Å². The van der Waals surface area contributed by atoms with Crippen molar-refractivity contribution >= 4 is 17.9 Å². The highest BCUT2D eigenvalue weighted by molar-refractivity contribution is 5.83. The lowest BCUT2D eigenvalue weighted by atomic mass is 9.82. The van der Waals surface area contributed by atoms with Crippen LogP contribution in [0.1, 0.15) is 40.5 Å². The van der Waals surface area contributed by atoms with E-state index in [9.17, 15) is 19.5 Å². The first-order chi connectivity index (χ1) is 9.65. The van der Waals surface area contributed by atoms with E-state index < -0.39 is 22.8 Å². The molecule has 0 bridgehead atoms. The molecule has 0 radical (unpaired) electrons. The van der Waals surface area contributed by atoms with E-state index in [1.165, 1.54) is 7.05 Å². The van der Waals surface area contributed by atoms with E-state index >= 15 is 0 Å². The average Bonchev–Trinajstić information content (AvgIpc) is 2.45. The Labute approximate surface area is 125 Å². The van der Waals surface area contributed by atoms with E-state index in [0.29, 0.717) is 12.8 Å². The van der Waals surface area contributed by atoms with Gasteiger partial charge in [-0.3, -0.25) is 9.59 Å². The van der Waals surface area contributed by atoms with Crippen molar-refractivity contribution < 1.29 is 19.5 Å². The molecule has 7 nitrogen and oxygen atoms in total. The van der Waals surface area contributed by atoms with E-state index in [-0.39, 0.29) is 19.0 Å². The fourth-order valence-electron chi connectivity index (χ4n) is 1.91. The first-order valence-electron chi connectivity index (χ1n) is 7.12. The summed E-state index contributed by atoms with van der Waals surface area (Å²) in [6.07, 6.45) is 0.867. The molecule has 0 saturated carbocycles. The lowest BCUT2D eigenvalue weighted by Crippen LogP contribution is -2.49. The quantitative estimate of drug-likeness (QED) is 0.535. The molecule has 21 heavy (non-hydrogen) atoms. The number of nitrogens with one attached hydrogen (secondary N) is 3. The number of rotatable bonds is 8. The summed E-state index contributed by atoms with van der Waals surface area (Å²) in [5.41, 5.74) is -1.68. The summed E-state index contributed by atoms with van der Waals surface area (Å²) in [5, 5.41) is 17.0. The van der Waals surface area contributed by atoms with Crippen molar-refractivity contribution in [1.29, 1.82) is 0 Å². The molecule has 0 aliphatic heterocycles. The Morgan fingerprint density at radius 2 is 1.48 bits per heavy atom. The van der Waals surface area contributed by atoms with Crippen molar-refractivity contribution in [1.82, 2.24) is 16.0 Å². The Morgan fingerprint density at radius 1 is 1.00 bits per heavy atom. The van der Waals surface area contributed by atoms with Gasteiger partial charge in [0, 0.05) is 20.1 Å². The van der Waals surface area contributed by atoms with Crippen molar-refractivity contribution in [2.45, 2.75) is 40.5 Å². The molecule has 0 fully saturated rings. The SMILES string of the molecule is CCC(CC)(CNC(=O)NCC(C)(C)C(=O)NC)C(=O)O. The normalized spacial score (nSPS) is 11.7. The minimum absolute atomic E-state index is 0.0571. The zero-order valence-electron chi connectivity index (χ0n) is 13.5. The molecule has 0 aliphatic carbocycles. The number of carboxylic acid groups (broad SMARTS) is 1. The molecule has 0 aromatic rings. The second-order valence-electron chi connectivity index (χ2n) is 5.79. The molecule has 0 spiro atoms. The number of urea groups is 1. The highest BCUT2D eigenvalue weighted by Crippen LogP contribution is 2.25. The van der Waals surface area contributed by atoms with Gasteiger partial charge in [0.1, 0.15) is 0 Å². The third-order valence-electron chi connectivity index (χ3n) is 3.93. The third-order valence-corrected chi connectivity index (χ3v) is 3.93. The van der Waals surface area contributed by atoms with E-state index in [4.69, 9.17) is 0 Å². The maximum atomic E-state index is 11.8. The predicted molar refractivity (Wildman–Crippen MR) is 79.9 cm³/mol. The van der Waals surface area contributed by atoms with Crippen LogP contribution in [0.5, 0.6) is 0 Å². The Morgan fingerprint density at radius 3 is 1.86 bits per heavy atom. The van der Waals surface area contributed by atoms with Crippen LogP contribution >= 0.6 is 0 Å². The molecule has 0 aromatic heterocycles. The van der Waals surface area contributed by atoms with Crippen molar-refractivity contribution in [3.8, 4) is 0 Å². The van der Waals surface area contributed by atoms with Gasteiger partial charge in [-0.25, -0.2) is 4.79 Å². The summed E-state index contributed by atoms with van der Waals surface area (Å²) in [4.78, 5) is 34.7. The smallest absolute Gasteiger partial charge is 0.314 e. The topological polar surface area (TPSA) is 108 Å². The summed E-state index contributed by atoms with van der Waals surface area (Å²) in [6.45, 7) is 7.22. The van der Waals surface area contributed by atoms with Gasteiger partial charge in [0.15, 0.2) is 0 Å². The van der Waals surface area contributed by atoms with Crippen LogP contribution in [0.15, 0.2) is 0 Å². The number of amides is 3. The van der Waals surface area contributed by atoms with Crippen LogP contribution in [0.25, 0.3) is 0 Å². The van der Waals surface area contributed by atoms with Gasteiger partial charge in [0.2, 0.25) is 5.91 Å². The summed E-state index contributed by atoms with van der Waals surface area (Å²) in [6, 6.07) is -0.473. The highest BCUT2D eigenvalue weighted by Gasteiger charge is 2.35. The molecule has 0 rings (SSSR count). The van der Waals surface area contributed by atoms with Gasteiger partial charge < -0.3 is 21.1 Å². The van der Waals surface area contributed by atoms with Crippen molar-refractivity contribution in [2.24, 2.45) is 10.8 Å². The standard InChI is InChI=1S/C14H27N3O4/c1-6-14(7-2,11(19)20)9-17-12(21)16-8-13(3,4)10(18)15-5/h6-9H2,1-5H3,(H,15,18)(H,19,20)(H2,16,17,21). The largest absolute Gasteiger partial charge is 0.481 e. The van der Waals surface area contributed by atoms with Gasteiger partial charge in [-0.15, -0.1) is 0 Å². The van der Waals surface area contributed by atoms with Gasteiger partial charge in [-0.1, -0.05) is 13.8 Å². The van der Waals surface area contributed by atoms with Gasteiger partial charge in [-0.2, -0.15) is 0 Å². The van der Waals surface area contributed by atoms with E-state index in [1.54, 1.807) is 27.7 Å². The molecular formula is C14H27N3O4. The second kappa shape index (κ2) is 7.85. The lowest BCUT2D eigenvalue weighted by molar-refractivity contribution is -0.149. The van der Waals surface area contributed by atoms with Crippen LogP contribution in [-0.2, 0) is 9.59 Å². The second-order valence-corrected chi connectivity index (χ2v) is 5.79. The predicted octanol–water partition coefficient (Wildman–Crippen LogP) is 0.949. The molecule has 0 aromatic carbocycles. The monoisotopic (exact) mass is 301 g/mol. The molecule has 122 valence electrons. The minimum atomic E-state index is -0.951. The molecule has 0 aliphatic rings. The number of hydrogen-bond donors (Lipinski definition) is 4. The van der Waals surface area contributed by atoms with Gasteiger partial charge in [-0.05, 0) is 26.7 Å². The number of carbonyl (C=O) groups is 3. The third kappa shape index (κ3) is 5.24. The summed E-state index contributed by atoms with van der Waals surface area (Å²) >= 11 is 0. The highest BCUT2D eigenvalue weighted by atomic mass is 16.4. The molecule has 3 amide bonds. The van der Waals surface area contributed by atoms with Crippen molar-refractivity contribution in [2.75, 3.05) is 20.1 Å². The van der Waals surface area contributed by atoms with Crippen molar-refractivity contribution in [3.05, 3.63) is 0 Å². The molecular weight excluding hydrogens is 274 g/mol. The Balaban J connectivity index is 4.46. The first kappa shape index (κ1) is 19.2. The van der Waals surface area contributed by atoms with Crippen LogP contribution in [0.4, 0.5) is 4.79 Å². The minimum Gasteiger partial charge on any atom is -0.481 e. The molecule has 0 unspecified atom stereocenters. The van der Waals surface area contributed by atoms with Crippen LogP contribution in [0.2, 0.25) is 0 Å². The Bertz CT molecular complexity index is 390. The van der Waals surface area contributed by atoms with Crippen molar-refractivity contribution in [3.63, 3.8) is 0 Å². The van der Waals surface area contributed by atoms with Crippen LogP contribution in [0, 0.1) is 10.8 Å². The zero-order valence-corrected chi connectivity index (χ0v) is 13.5. The summed E-state index contributed by atoms with van der Waals surface area (Å²) in [5.74, 6) is -1.09. The Kier molecular flexibility index (Phi) is 7.18. The maximum Gasteiger partial charge on any atom is 0.314 e. The first-order valence-corrected chi connectivity index (χ1v) is 7.12. The average molecular weight is 301 g/mol. The fraction of sp³-hybridized carbons (Fsp3) is 0.786. The summed E-state index contributed by atoms with van der Waals surface area (Å²) < 4.78 is 0. The van der Waals surface area contributed by atoms with E-state index in [0.717, 1.165) is 0 Å². The number of hydrogen-bond acceptors (Lipinski definition) is 3. The number of aliphatic carboxylic acids is 1. The Hall–Kier alpha value is -1.79. The van der Waals surface area contributed by atoms with Crippen LogP contribution in [0.3, 0.4) is 0 Å². The van der Waals surface area contributed by atoms with E-state index in [1.807, 2.05) is 0 Å².